The van der Waals surface area contributed by atoms with Crippen LogP contribution in [0.3, 0.4) is 0 Å². The van der Waals surface area contributed by atoms with E-state index in [0.29, 0.717) is 17.5 Å². The Kier molecular flexibility index (Phi) is 4.93. The van der Waals surface area contributed by atoms with Crippen LogP contribution in [0.15, 0.2) is 42.5 Å². The largest absolute Gasteiger partial charge is 0.495 e. The van der Waals surface area contributed by atoms with Gasteiger partial charge in [-0.2, -0.15) is 0 Å². The van der Waals surface area contributed by atoms with E-state index < -0.39 is 23.6 Å². The normalized spacial score (nSPS) is 11.6. The van der Waals surface area contributed by atoms with E-state index >= 15 is 0 Å². The minimum atomic E-state index is -0.821. The third-order valence-corrected chi connectivity index (χ3v) is 3.06. The van der Waals surface area contributed by atoms with Gasteiger partial charge < -0.3 is 15.4 Å². The van der Waals surface area contributed by atoms with E-state index in [9.17, 15) is 13.6 Å². The molecule has 1 amide bonds. The van der Waals surface area contributed by atoms with Crippen LogP contribution in [0, 0.1) is 11.6 Å². The molecular formula is C16H16F2N2O2. The number of rotatable bonds is 5. The molecule has 0 aromatic heterocycles. The number of hydrogen-bond donors (Lipinski definition) is 2. The van der Waals surface area contributed by atoms with Crippen molar-refractivity contribution >= 4 is 17.3 Å². The molecule has 0 radical (unpaired) electrons. The van der Waals surface area contributed by atoms with Crippen molar-refractivity contribution in [3.63, 3.8) is 0 Å². The summed E-state index contributed by atoms with van der Waals surface area (Å²) in [7, 11) is 1.53. The molecule has 116 valence electrons. The highest BCUT2D eigenvalue weighted by atomic mass is 19.1. The molecule has 22 heavy (non-hydrogen) atoms. The first-order valence-electron chi connectivity index (χ1n) is 6.66. The second kappa shape index (κ2) is 6.89. The van der Waals surface area contributed by atoms with Gasteiger partial charge in [0.2, 0.25) is 5.91 Å². The van der Waals surface area contributed by atoms with Crippen LogP contribution in [0.1, 0.15) is 6.92 Å². The number of halogens is 2. The summed E-state index contributed by atoms with van der Waals surface area (Å²) in [6.07, 6.45) is 0. The zero-order chi connectivity index (χ0) is 16.1. The number of amides is 1. The van der Waals surface area contributed by atoms with E-state index in [1.165, 1.54) is 13.2 Å². The molecule has 0 aliphatic carbocycles. The number of ether oxygens (including phenoxy) is 1. The molecule has 2 aromatic carbocycles. The van der Waals surface area contributed by atoms with Crippen LogP contribution in [0.2, 0.25) is 0 Å². The Labute approximate surface area is 127 Å². The van der Waals surface area contributed by atoms with Crippen molar-refractivity contribution in [3.8, 4) is 5.75 Å². The summed E-state index contributed by atoms with van der Waals surface area (Å²) >= 11 is 0. The van der Waals surface area contributed by atoms with Gasteiger partial charge >= 0.3 is 0 Å². The van der Waals surface area contributed by atoms with Gasteiger partial charge in [-0.25, -0.2) is 8.78 Å². The molecule has 0 unspecified atom stereocenters. The standard InChI is InChI=1S/C16H16F2N2O2/c1-10(19-14-5-3-4-6-15(14)22-2)16(21)20-13-8-7-11(17)9-12(13)18/h3-10,19H,1-2H3,(H,20,21)/t10-/m1/s1. The lowest BCUT2D eigenvalue weighted by molar-refractivity contribution is -0.116. The molecule has 1 atom stereocenters. The molecule has 0 bridgehead atoms. The average Bonchev–Trinajstić information content (AvgIpc) is 2.50. The molecule has 0 aliphatic heterocycles. The van der Waals surface area contributed by atoms with Crippen LogP contribution in [0.4, 0.5) is 20.2 Å². The average molecular weight is 306 g/mol. The predicted octanol–water partition coefficient (Wildman–Crippen LogP) is 3.41. The lowest BCUT2D eigenvalue weighted by atomic mass is 10.2. The predicted molar refractivity (Wildman–Crippen MR) is 81.1 cm³/mol. The molecule has 0 saturated carbocycles. The fourth-order valence-electron chi connectivity index (χ4n) is 1.89. The second-order valence-electron chi connectivity index (χ2n) is 4.68. The van der Waals surface area contributed by atoms with E-state index in [1.54, 1.807) is 25.1 Å². The molecule has 2 rings (SSSR count). The summed E-state index contributed by atoms with van der Waals surface area (Å²) < 4.78 is 31.5. The molecule has 6 heteroatoms. The summed E-state index contributed by atoms with van der Waals surface area (Å²) in [5.74, 6) is -1.37. The number of benzene rings is 2. The van der Waals surface area contributed by atoms with Crippen LogP contribution in [0.5, 0.6) is 5.75 Å². The number of hydrogen-bond acceptors (Lipinski definition) is 3. The Morgan fingerprint density at radius 3 is 2.55 bits per heavy atom. The van der Waals surface area contributed by atoms with E-state index in [0.717, 1.165) is 6.07 Å². The van der Waals surface area contributed by atoms with Gasteiger partial charge in [-0.15, -0.1) is 0 Å². The Morgan fingerprint density at radius 2 is 1.86 bits per heavy atom. The minimum Gasteiger partial charge on any atom is -0.495 e. The van der Waals surface area contributed by atoms with Crippen LogP contribution in [-0.4, -0.2) is 19.1 Å². The lowest BCUT2D eigenvalue weighted by Crippen LogP contribution is -2.32. The molecule has 0 aliphatic rings. The fourth-order valence-corrected chi connectivity index (χ4v) is 1.89. The van der Waals surface area contributed by atoms with Crippen molar-refractivity contribution in [1.29, 1.82) is 0 Å². The number of methoxy groups -OCH3 is 1. The van der Waals surface area contributed by atoms with Crippen LogP contribution in [0.25, 0.3) is 0 Å². The molecular weight excluding hydrogens is 290 g/mol. The highest BCUT2D eigenvalue weighted by Crippen LogP contribution is 2.24. The number of anilines is 2. The summed E-state index contributed by atoms with van der Waals surface area (Å²) in [5.41, 5.74) is 0.576. The van der Waals surface area contributed by atoms with Gasteiger partial charge in [0.1, 0.15) is 23.4 Å². The van der Waals surface area contributed by atoms with Gasteiger partial charge in [-0.05, 0) is 31.2 Å². The van der Waals surface area contributed by atoms with Gasteiger partial charge in [-0.1, -0.05) is 12.1 Å². The number of para-hydroxylation sites is 2. The molecule has 2 aromatic rings. The maximum absolute atomic E-state index is 13.5. The highest BCUT2D eigenvalue weighted by Gasteiger charge is 2.16. The quantitative estimate of drug-likeness (QED) is 0.890. The van der Waals surface area contributed by atoms with Crippen molar-refractivity contribution in [2.24, 2.45) is 0 Å². The first-order valence-corrected chi connectivity index (χ1v) is 6.66. The SMILES string of the molecule is COc1ccccc1N[C@H](C)C(=O)Nc1ccc(F)cc1F. The van der Waals surface area contributed by atoms with Crippen molar-refractivity contribution in [2.75, 3.05) is 17.7 Å². The lowest BCUT2D eigenvalue weighted by Gasteiger charge is -2.17. The summed E-state index contributed by atoms with van der Waals surface area (Å²) in [6.45, 7) is 1.63. The first-order chi connectivity index (χ1) is 10.5. The Hall–Kier alpha value is -2.63. The summed E-state index contributed by atoms with van der Waals surface area (Å²) in [4.78, 5) is 12.1. The van der Waals surface area contributed by atoms with Gasteiger partial charge in [0.05, 0.1) is 18.5 Å². The van der Waals surface area contributed by atoms with Crippen molar-refractivity contribution < 1.29 is 18.3 Å². The van der Waals surface area contributed by atoms with Crippen LogP contribution >= 0.6 is 0 Å². The molecule has 0 heterocycles. The van der Waals surface area contributed by atoms with Crippen LogP contribution < -0.4 is 15.4 Å². The highest BCUT2D eigenvalue weighted by molar-refractivity contribution is 5.96. The number of carbonyl (C=O) groups is 1. The zero-order valence-electron chi connectivity index (χ0n) is 12.2. The van der Waals surface area contributed by atoms with E-state index in [1.807, 2.05) is 6.07 Å². The number of carbonyl (C=O) groups excluding carboxylic acids is 1. The topological polar surface area (TPSA) is 50.4 Å². The third kappa shape index (κ3) is 3.72. The van der Waals surface area contributed by atoms with Gasteiger partial charge in [0.15, 0.2) is 0 Å². The van der Waals surface area contributed by atoms with Crippen molar-refractivity contribution in [3.05, 3.63) is 54.1 Å². The van der Waals surface area contributed by atoms with Crippen LogP contribution in [-0.2, 0) is 4.79 Å². The third-order valence-electron chi connectivity index (χ3n) is 3.06. The zero-order valence-corrected chi connectivity index (χ0v) is 12.2. The molecule has 4 nitrogen and oxygen atoms in total. The Bertz CT molecular complexity index is 677. The molecule has 0 fully saturated rings. The smallest absolute Gasteiger partial charge is 0.246 e. The summed E-state index contributed by atoms with van der Waals surface area (Å²) in [6, 6.07) is 9.47. The maximum Gasteiger partial charge on any atom is 0.246 e. The second-order valence-corrected chi connectivity index (χ2v) is 4.68. The minimum absolute atomic E-state index is 0.0694. The van der Waals surface area contributed by atoms with E-state index in [2.05, 4.69) is 10.6 Å². The molecule has 0 saturated heterocycles. The van der Waals surface area contributed by atoms with E-state index in [-0.39, 0.29) is 5.69 Å². The summed E-state index contributed by atoms with van der Waals surface area (Å²) in [5, 5.41) is 5.39. The maximum atomic E-state index is 13.5. The number of nitrogens with one attached hydrogen (secondary N) is 2. The van der Waals surface area contributed by atoms with Crippen molar-refractivity contribution in [1.82, 2.24) is 0 Å². The van der Waals surface area contributed by atoms with E-state index in [4.69, 9.17) is 4.74 Å². The Morgan fingerprint density at radius 1 is 1.14 bits per heavy atom. The van der Waals surface area contributed by atoms with Crippen molar-refractivity contribution in [2.45, 2.75) is 13.0 Å². The molecule has 2 N–H and O–H groups in total. The van der Waals surface area contributed by atoms with Gasteiger partial charge in [0.25, 0.3) is 0 Å². The Balaban J connectivity index is 2.06. The van der Waals surface area contributed by atoms with Gasteiger partial charge in [0, 0.05) is 6.07 Å². The molecule has 0 spiro atoms. The first kappa shape index (κ1) is 15.8. The fraction of sp³-hybridized carbons (Fsp3) is 0.188. The monoisotopic (exact) mass is 306 g/mol. The van der Waals surface area contributed by atoms with Gasteiger partial charge in [-0.3, -0.25) is 4.79 Å².